The molecule has 3 nitrogen and oxygen atoms in total. The van der Waals surface area contributed by atoms with E-state index in [0.29, 0.717) is 5.66 Å². The lowest BCUT2D eigenvalue weighted by Crippen LogP contribution is -2.41. The van der Waals surface area contributed by atoms with Gasteiger partial charge in [-0.1, -0.05) is 13.0 Å². The molecule has 0 aromatic heterocycles. The Kier molecular flexibility index (Phi) is 2.92. The van der Waals surface area contributed by atoms with Crippen LogP contribution in [0.2, 0.25) is 0 Å². The van der Waals surface area contributed by atoms with Crippen molar-refractivity contribution in [1.29, 1.82) is 0 Å². The Hall–Kier alpha value is -0.690. The molecule has 4 heteroatoms. The van der Waals surface area contributed by atoms with Crippen molar-refractivity contribution in [3.63, 3.8) is 0 Å². The van der Waals surface area contributed by atoms with Crippen LogP contribution < -0.4 is 0 Å². The second kappa shape index (κ2) is 4.05. The molecule has 0 spiro atoms. The summed E-state index contributed by atoms with van der Waals surface area (Å²) >= 11 is 0. The maximum Gasteiger partial charge on any atom is 0.148 e. The van der Waals surface area contributed by atoms with Crippen molar-refractivity contribution < 1.29 is 0 Å². The maximum atomic E-state index is 4.66. The topological polar surface area (TPSA) is 28.0 Å². The lowest BCUT2D eigenvalue weighted by atomic mass is 10.1. The summed E-state index contributed by atoms with van der Waals surface area (Å²) in [5.41, 5.74) is 1.66. The molecule has 0 radical (unpaired) electrons. The summed E-state index contributed by atoms with van der Waals surface area (Å²) in [7, 11) is 2.83. The van der Waals surface area contributed by atoms with Crippen LogP contribution in [0.25, 0.3) is 0 Å². The van der Waals surface area contributed by atoms with E-state index < -0.39 is 0 Å². The Labute approximate surface area is 93.6 Å². The second-order valence-corrected chi connectivity index (χ2v) is 5.48. The highest BCUT2D eigenvalue weighted by Gasteiger charge is 2.33. The van der Waals surface area contributed by atoms with Crippen molar-refractivity contribution >= 4 is 20.8 Å². The number of aliphatic imine (C=N–C) groups is 2. The first-order valence-electron chi connectivity index (χ1n) is 5.37. The standard InChI is InChI=1S/C11H18N3P/c1-7-4-5-10-11(12-7)14(6-8(2)15)9(3)13-10/h4-5,8,10-11H,6,15H2,1-3H3. The lowest BCUT2D eigenvalue weighted by molar-refractivity contribution is 0.331. The van der Waals surface area contributed by atoms with Crippen LogP contribution >= 0.6 is 9.24 Å². The summed E-state index contributed by atoms with van der Waals surface area (Å²) in [4.78, 5) is 11.6. The van der Waals surface area contributed by atoms with Gasteiger partial charge in [-0.05, 0) is 25.6 Å². The normalized spacial score (nSPS) is 31.1. The molecule has 0 aromatic carbocycles. The van der Waals surface area contributed by atoms with Crippen LogP contribution in [0.1, 0.15) is 20.8 Å². The Morgan fingerprint density at radius 1 is 1.47 bits per heavy atom. The van der Waals surface area contributed by atoms with Crippen LogP contribution in [0, 0.1) is 0 Å². The third-order valence-electron chi connectivity index (χ3n) is 2.73. The number of amidine groups is 1. The van der Waals surface area contributed by atoms with E-state index in [0.717, 1.165) is 18.1 Å². The van der Waals surface area contributed by atoms with E-state index in [4.69, 9.17) is 0 Å². The molecule has 82 valence electrons. The van der Waals surface area contributed by atoms with Gasteiger partial charge in [0.15, 0.2) is 0 Å². The number of hydrogen-bond acceptors (Lipinski definition) is 3. The molecular formula is C11H18N3P. The molecule has 0 amide bonds. The number of allylic oxidation sites excluding steroid dienone is 1. The summed E-state index contributed by atoms with van der Waals surface area (Å²) in [5.74, 6) is 1.11. The highest BCUT2D eigenvalue weighted by atomic mass is 31.0. The molecule has 0 saturated heterocycles. The van der Waals surface area contributed by atoms with Crippen molar-refractivity contribution in [1.82, 2.24) is 4.90 Å². The zero-order valence-electron chi connectivity index (χ0n) is 9.51. The largest absolute Gasteiger partial charge is 0.336 e. The van der Waals surface area contributed by atoms with Crippen LogP contribution in [-0.4, -0.2) is 40.9 Å². The fourth-order valence-corrected chi connectivity index (χ4v) is 2.29. The zero-order valence-corrected chi connectivity index (χ0v) is 10.7. The molecule has 0 aliphatic carbocycles. The van der Waals surface area contributed by atoms with Crippen LogP contribution in [0.15, 0.2) is 22.1 Å². The van der Waals surface area contributed by atoms with E-state index in [1.807, 2.05) is 6.92 Å². The van der Waals surface area contributed by atoms with Gasteiger partial charge >= 0.3 is 0 Å². The Morgan fingerprint density at radius 3 is 2.87 bits per heavy atom. The van der Waals surface area contributed by atoms with Gasteiger partial charge in [-0.25, -0.2) is 0 Å². The number of hydrogen-bond donors (Lipinski definition) is 0. The maximum absolute atomic E-state index is 4.66. The smallest absolute Gasteiger partial charge is 0.148 e. The van der Waals surface area contributed by atoms with Gasteiger partial charge in [-0.2, -0.15) is 0 Å². The summed E-state index contributed by atoms with van der Waals surface area (Å²) in [5, 5.41) is 0. The lowest BCUT2D eigenvalue weighted by Gasteiger charge is -2.29. The minimum Gasteiger partial charge on any atom is -0.336 e. The number of fused-ring (bicyclic) bond motifs is 1. The van der Waals surface area contributed by atoms with Crippen molar-refractivity contribution in [2.75, 3.05) is 6.54 Å². The van der Waals surface area contributed by atoms with Crippen LogP contribution in [-0.2, 0) is 0 Å². The monoisotopic (exact) mass is 223 g/mol. The van der Waals surface area contributed by atoms with Gasteiger partial charge in [-0.3, -0.25) is 9.98 Å². The summed E-state index contributed by atoms with van der Waals surface area (Å²) in [6, 6.07) is 0.234. The first-order valence-corrected chi connectivity index (χ1v) is 6.04. The highest BCUT2D eigenvalue weighted by Crippen LogP contribution is 2.24. The molecule has 2 aliphatic heterocycles. The third kappa shape index (κ3) is 2.12. The number of dihydropyridines is 1. The Bertz CT molecular complexity index is 344. The first-order chi connectivity index (χ1) is 7.08. The van der Waals surface area contributed by atoms with Gasteiger partial charge in [-0.15, -0.1) is 9.24 Å². The van der Waals surface area contributed by atoms with Gasteiger partial charge in [0.25, 0.3) is 0 Å². The van der Waals surface area contributed by atoms with Crippen molar-refractivity contribution in [2.45, 2.75) is 38.6 Å². The second-order valence-electron chi connectivity index (χ2n) is 4.34. The fourth-order valence-electron chi connectivity index (χ4n) is 2.06. The van der Waals surface area contributed by atoms with E-state index in [-0.39, 0.29) is 12.2 Å². The van der Waals surface area contributed by atoms with Crippen LogP contribution in [0.4, 0.5) is 0 Å². The minimum absolute atomic E-state index is 0.206. The first kappa shape index (κ1) is 10.8. The predicted octanol–water partition coefficient (Wildman–Crippen LogP) is 1.71. The van der Waals surface area contributed by atoms with Crippen molar-refractivity contribution in [2.24, 2.45) is 9.98 Å². The molecule has 2 rings (SSSR count). The third-order valence-corrected chi connectivity index (χ3v) is 2.94. The Balaban J connectivity index is 2.19. The zero-order chi connectivity index (χ0) is 11.0. The molecule has 15 heavy (non-hydrogen) atoms. The minimum atomic E-state index is 0.206. The number of rotatable bonds is 2. The van der Waals surface area contributed by atoms with E-state index in [1.165, 1.54) is 0 Å². The van der Waals surface area contributed by atoms with Crippen molar-refractivity contribution in [3.05, 3.63) is 12.2 Å². The molecule has 2 aliphatic rings. The van der Waals surface area contributed by atoms with E-state index in [2.05, 4.69) is 50.1 Å². The highest BCUT2D eigenvalue weighted by molar-refractivity contribution is 7.17. The fraction of sp³-hybridized carbons (Fsp3) is 0.636. The average molecular weight is 223 g/mol. The predicted molar refractivity (Wildman–Crippen MR) is 68.8 cm³/mol. The van der Waals surface area contributed by atoms with Gasteiger partial charge < -0.3 is 4.90 Å². The van der Waals surface area contributed by atoms with Gasteiger partial charge in [0, 0.05) is 12.3 Å². The van der Waals surface area contributed by atoms with E-state index in [1.54, 1.807) is 0 Å². The molecule has 0 bridgehead atoms. The molecule has 4 atom stereocenters. The summed E-state index contributed by atoms with van der Waals surface area (Å²) in [6.45, 7) is 7.32. The molecule has 0 fully saturated rings. The van der Waals surface area contributed by atoms with Crippen molar-refractivity contribution in [3.8, 4) is 0 Å². The molecule has 4 unspecified atom stereocenters. The average Bonchev–Trinajstić information content (AvgIpc) is 2.43. The molecule has 0 saturated carbocycles. The van der Waals surface area contributed by atoms with E-state index >= 15 is 0 Å². The molecule has 0 N–H and O–H groups in total. The van der Waals surface area contributed by atoms with Crippen LogP contribution in [0.5, 0.6) is 0 Å². The Morgan fingerprint density at radius 2 is 2.20 bits per heavy atom. The molecule has 0 aromatic rings. The number of nitrogens with zero attached hydrogens (tertiary/aromatic N) is 3. The quantitative estimate of drug-likeness (QED) is 0.655. The van der Waals surface area contributed by atoms with Gasteiger partial charge in [0.05, 0.1) is 5.84 Å². The SMILES string of the molecule is CC1=NC2C(C=C1)N=C(C)N2CC(C)P. The molecular weight excluding hydrogens is 205 g/mol. The van der Waals surface area contributed by atoms with E-state index in [9.17, 15) is 0 Å². The van der Waals surface area contributed by atoms with Crippen LogP contribution in [0.3, 0.4) is 0 Å². The summed E-state index contributed by atoms with van der Waals surface area (Å²) < 4.78 is 0. The van der Waals surface area contributed by atoms with Gasteiger partial charge in [0.1, 0.15) is 12.2 Å². The summed E-state index contributed by atoms with van der Waals surface area (Å²) in [6.07, 6.45) is 4.42. The van der Waals surface area contributed by atoms with Gasteiger partial charge in [0.2, 0.25) is 0 Å². The molecule has 2 heterocycles.